The van der Waals surface area contributed by atoms with E-state index in [9.17, 15) is 4.79 Å². The maximum absolute atomic E-state index is 12.7. The smallest absolute Gasteiger partial charge is 0.246 e. The van der Waals surface area contributed by atoms with Crippen LogP contribution >= 0.6 is 0 Å². The predicted molar refractivity (Wildman–Crippen MR) is 121 cm³/mol. The molecule has 0 aromatic heterocycles. The monoisotopic (exact) mass is 406 g/mol. The van der Waals surface area contributed by atoms with Crippen LogP contribution in [0.4, 0.5) is 0 Å². The van der Waals surface area contributed by atoms with Gasteiger partial charge in [-0.2, -0.15) is 0 Å². The van der Waals surface area contributed by atoms with E-state index in [0.29, 0.717) is 18.1 Å². The number of benzene rings is 2. The van der Waals surface area contributed by atoms with Gasteiger partial charge in [-0.25, -0.2) is 0 Å². The van der Waals surface area contributed by atoms with Crippen LogP contribution in [0, 0.1) is 0 Å². The summed E-state index contributed by atoms with van der Waals surface area (Å²) in [4.78, 5) is 17.1. The van der Waals surface area contributed by atoms with Crippen LogP contribution < -0.4 is 9.47 Å². The lowest BCUT2D eigenvalue weighted by molar-refractivity contribution is -0.125. The molecule has 1 fully saturated rings. The van der Waals surface area contributed by atoms with Crippen molar-refractivity contribution in [1.82, 2.24) is 9.80 Å². The number of methoxy groups -OCH3 is 1. The lowest BCUT2D eigenvalue weighted by Gasteiger charge is -2.21. The summed E-state index contributed by atoms with van der Waals surface area (Å²) in [6.07, 6.45) is 6.14. The Morgan fingerprint density at radius 1 is 1.07 bits per heavy atom. The van der Waals surface area contributed by atoms with Crippen molar-refractivity contribution in [2.75, 3.05) is 39.9 Å². The highest BCUT2D eigenvalue weighted by Crippen LogP contribution is 2.28. The molecule has 0 aliphatic carbocycles. The van der Waals surface area contributed by atoms with Gasteiger partial charge < -0.3 is 14.4 Å². The summed E-state index contributed by atoms with van der Waals surface area (Å²) in [6, 6.07) is 16.1. The van der Waals surface area contributed by atoms with E-state index in [-0.39, 0.29) is 5.91 Å². The Bertz CT molecular complexity index is 864. The Morgan fingerprint density at radius 3 is 2.67 bits per heavy atom. The highest BCUT2D eigenvalue weighted by Gasteiger charge is 2.17. The zero-order valence-corrected chi connectivity index (χ0v) is 17.6. The van der Waals surface area contributed by atoms with Crippen LogP contribution in [0.15, 0.2) is 67.3 Å². The average Bonchev–Trinajstić information content (AvgIpc) is 3.02. The van der Waals surface area contributed by atoms with Gasteiger partial charge >= 0.3 is 0 Å². The average molecular weight is 407 g/mol. The molecule has 0 bridgehead atoms. The predicted octanol–water partition coefficient (Wildman–Crippen LogP) is 4.01. The Hall–Kier alpha value is -3.05. The van der Waals surface area contributed by atoms with Gasteiger partial charge in [-0.15, -0.1) is 0 Å². The third-order valence-corrected chi connectivity index (χ3v) is 5.11. The van der Waals surface area contributed by atoms with Crippen molar-refractivity contribution in [3.05, 3.63) is 78.4 Å². The lowest BCUT2D eigenvalue weighted by atomic mass is 10.2. The standard InChI is InChI=1S/C25H30N2O3/c1-3-18-30-23-12-10-21(19-24(23)29-2)11-13-25(28)27-15-7-14-26(16-17-27)20-22-8-5-4-6-9-22/h3-6,8-13,19H,1,7,14-18,20H2,2H3/b13-11+. The van der Waals surface area contributed by atoms with Crippen LogP contribution in [-0.2, 0) is 11.3 Å². The minimum absolute atomic E-state index is 0.0440. The fraction of sp³-hybridized carbons (Fsp3) is 0.320. The summed E-state index contributed by atoms with van der Waals surface area (Å²) in [5.41, 5.74) is 2.21. The summed E-state index contributed by atoms with van der Waals surface area (Å²) < 4.78 is 11.0. The molecule has 2 aromatic carbocycles. The summed E-state index contributed by atoms with van der Waals surface area (Å²) in [7, 11) is 1.60. The number of carbonyl (C=O) groups is 1. The third kappa shape index (κ3) is 6.22. The number of rotatable bonds is 8. The summed E-state index contributed by atoms with van der Waals surface area (Å²) in [5.74, 6) is 1.34. The van der Waals surface area contributed by atoms with Crippen LogP contribution in [0.25, 0.3) is 6.08 Å². The molecular weight excluding hydrogens is 376 g/mol. The molecule has 0 spiro atoms. The summed E-state index contributed by atoms with van der Waals surface area (Å²) >= 11 is 0. The molecule has 0 radical (unpaired) electrons. The van der Waals surface area contributed by atoms with Crippen molar-refractivity contribution in [1.29, 1.82) is 0 Å². The highest BCUT2D eigenvalue weighted by molar-refractivity contribution is 5.91. The molecule has 1 aliphatic heterocycles. The van der Waals surface area contributed by atoms with Crippen LogP contribution in [0.5, 0.6) is 11.5 Å². The Kier molecular flexibility index (Phi) is 8.10. The number of hydrogen-bond acceptors (Lipinski definition) is 4. The van der Waals surface area contributed by atoms with E-state index in [1.54, 1.807) is 19.3 Å². The molecule has 5 heteroatoms. The van der Waals surface area contributed by atoms with Crippen molar-refractivity contribution >= 4 is 12.0 Å². The van der Waals surface area contributed by atoms with E-state index in [2.05, 4.69) is 35.7 Å². The molecule has 158 valence electrons. The van der Waals surface area contributed by atoms with Crippen molar-refractivity contribution < 1.29 is 14.3 Å². The van der Waals surface area contributed by atoms with E-state index in [1.165, 1.54) is 5.56 Å². The molecule has 3 rings (SSSR count). The normalized spacial score (nSPS) is 15.0. The van der Waals surface area contributed by atoms with Crippen LogP contribution in [0.2, 0.25) is 0 Å². The second-order valence-electron chi connectivity index (χ2n) is 7.28. The van der Waals surface area contributed by atoms with Gasteiger partial charge in [-0.05, 0) is 35.8 Å². The number of nitrogens with zero attached hydrogens (tertiary/aromatic N) is 2. The fourth-order valence-electron chi connectivity index (χ4n) is 3.52. The van der Waals surface area contributed by atoms with Gasteiger partial charge in [0, 0.05) is 38.8 Å². The van der Waals surface area contributed by atoms with E-state index in [0.717, 1.165) is 44.7 Å². The first-order chi connectivity index (χ1) is 14.7. The minimum atomic E-state index is 0.0440. The van der Waals surface area contributed by atoms with Gasteiger partial charge in [-0.3, -0.25) is 9.69 Å². The van der Waals surface area contributed by atoms with E-state index in [4.69, 9.17) is 9.47 Å². The first-order valence-corrected chi connectivity index (χ1v) is 10.3. The lowest BCUT2D eigenvalue weighted by Crippen LogP contribution is -2.34. The third-order valence-electron chi connectivity index (χ3n) is 5.11. The van der Waals surface area contributed by atoms with Crippen LogP contribution in [-0.4, -0.2) is 55.6 Å². The maximum Gasteiger partial charge on any atom is 0.246 e. The van der Waals surface area contributed by atoms with Crippen molar-refractivity contribution in [3.8, 4) is 11.5 Å². The van der Waals surface area contributed by atoms with Gasteiger partial charge in [0.25, 0.3) is 0 Å². The van der Waals surface area contributed by atoms with Gasteiger partial charge in [0.1, 0.15) is 6.61 Å². The molecule has 1 aliphatic rings. The second-order valence-corrected chi connectivity index (χ2v) is 7.28. The number of ether oxygens (including phenoxy) is 2. The molecule has 2 aromatic rings. The first kappa shape index (κ1) is 21.7. The van der Waals surface area contributed by atoms with Gasteiger partial charge in [0.15, 0.2) is 11.5 Å². The summed E-state index contributed by atoms with van der Waals surface area (Å²) in [6.45, 7) is 8.42. The molecule has 1 saturated heterocycles. The molecule has 5 nitrogen and oxygen atoms in total. The van der Waals surface area contributed by atoms with Crippen LogP contribution in [0.3, 0.4) is 0 Å². The quantitative estimate of drug-likeness (QED) is 0.491. The number of amides is 1. The molecule has 30 heavy (non-hydrogen) atoms. The molecule has 0 atom stereocenters. The minimum Gasteiger partial charge on any atom is -0.493 e. The first-order valence-electron chi connectivity index (χ1n) is 10.3. The molecule has 0 saturated carbocycles. The van der Waals surface area contributed by atoms with E-state index in [1.807, 2.05) is 35.2 Å². The van der Waals surface area contributed by atoms with Gasteiger partial charge in [0.2, 0.25) is 5.91 Å². The highest BCUT2D eigenvalue weighted by atomic mass is 16.5. The zero-order valence-electron chi connectivity index (χ0n) is 17.6. The zero-order chi connectivity index (χ0) is 21.2. The van der Waals surface area contributed by atoms with Crippen molar-refractivity contribution in [2.45, 2.75) is 13.0 Å². The second kappa shape index (κ2) is 11.2. The van der Waals surface area contributed by atoms with Crippen LogP contribution in [0.1, 0.15) is 17.5 Å². The maximum atomic E-state index is 12.7. The van der Waals surface area contributed by atoms with Gasteiger partial charge in [-0.1, -0.05) is 49.1 Å². The largest absolute Gasteiger partial charge is 0.493 e. The van der Waals surface area contributed by atoms with Crippen molar-refractivity contribution in [3.63, 3.8) is 0 Å². The molecule has 0 unspecified atom stereocenters. The van der Waals surface area contributed by atoms with E-state index < -0.39 is 0 Å². The van der Waals surface area contributed by atoms with Crippen molar-refractivity contribution in [2.24, 2.45) is 0 Å². The SMILES string of the molecule is C=CCOc1ccc(/C=C/C(=O)N2CCCN(Cc3ccccc3)CC2)cc1OC. The van der Waals surface area contributed by atoms with Gasteiger partial charge in [0.05, 0.1) is 7.11 Å². The fourth-order valence-corrected chi connectivity index (χ4v) is 3.52. The number of hydrogen-bond donors (Lipinski definition) is 0. The summed E-state index contributed by atoms with van der Waals surface area (Å²) in [5, 5.41) is 0. The molecule has 0 N–H and O–H groups in total. The molecule has 1 heterocycles. The molecular formula is C25H30N2O3. The molecule has 1 amide bonds. The Morgan fingerprint density at radius 2 is 1.90 bits per heavy atom. The Balaban J connectivity index is 1.56. The topological polar surface area (TPSA) is 42.0 Å². The number of carbonyl (C=O) groups excluding carboxylic acids is 1. The Labute approximate surface area is 179 Å². The van der Waals surface area contributed by atoms with E-state index >= 15 is 0 Å².